The zero-order valence-corrected chi connectivity index (χ0v) is 16.1. The summed E-state index contributed by atoms with van der Waals surface area (Å²) in [6.07, 6.45) is 1.78. The Morgan fingerprint density at radius 1 is 1.15 bits per heavy atom. The molecule has 0 spiro atoms. The van der Waals surface area contributed by atoms with Crippen LogP contribution in [0.4, 0.5) is 8.78 Å². The predicted molar refractivity (Wildman–Crippen MR) is 100 cm³/mol. The third kappa shape index (κ3) is 3.01. The van der Waals surface area contributed by atoms with Crippen LogP contribution in [-0.2, 0) is 7.05 Å². The molecule has 0 bridgehead atoms. The molecule has 3 aromatic rings. The number of hydrogen-bond acceptors (Lipinski definition) is 3. The molecule has 1 aromatic carbocycles. The second-order valence-electron chi connectivity index (χ2n) is 6.67. The van der Waals surface area contributed by atoms with E-state index in [1.54, 1.807) is 0 Å². The Hall–Kier alpha value is -2.70. The topological polar surface area (TPSA) is 48.5 Å². The number of rotatable bonds is 5. The van der Waals surface area contributed by atoms with Gasteiger partial charge < -0.3 is 4.74 Å². The van der Waals surface area contributed by atoms with E-state index in [-0.39, 0.29) is 28.6 Å². The van der Waals surface area contributed by atoms with E-state index < -0.39 is 11.6 Å². The van der Waals surface area contributed by atoms with Crippen molar-refractivity contribution in [1.29, 1.82) is 0 Å². The summed E-state index contributed by atoms with van der Waals surface area (Å²) in [4.78, 5) is 13.1. The Bertz CT molecular complexity index is 1040. The van der Waals surface area contributed by atoms with E-state index in [1.165, 1.54) is 23.2 Å². The lowest BCUT2D eigenvalue weighted by atomic mass is 9.95. The highest BCUT2D eigenvalue weighted by molar-refractivity contribution is 5.63. The van der Waals surface area contributed by atoms with Crippen LogP contribution in [0.15, 0.2) is 23.0 Å². The summed E-state index contributed by atoms with van der Waals surface area (Å²) in [5.74, 6) is -1.45. The number of aromatic nitrogens is 3. The van der Waals surface area contributed by atoms with E-state index >= 15 is 0 Å². The second kappa shape index (κ2) is 7.13. The molecule has 0 aliphatic rings. The number of aryl methyl sites for hydroxylation is 1. The zero-order chi connectivity index (χ0) is 19.9. The Labute approximate surface area is 156 Å². The Kier molecular flexibility index (Phi) is 5.04. The van der Waals surface area contributed by atoms with Gasteiger partial charge in [-0.05, 0) is 37.3 Å². The van der Waals surface area contributed by atoms with Crippen LogP contribution in [-0.4, -0.2) is 21.3 Å². The molecule has 2 aromatic heterocycles. The molecule has 0 atom stereocenters. The molecule has 0 aliphatic carbocycles. The minimum absolute atomic E-state index is 0.0630. The number of nitrogens with zero attached hydrogens (tertiary/aromatic N) is 3. The molecule has 144 valence electrons. The first-order chi connectivity index (χ1) is 12.8. The molecule has 0 radical (unpaired) electrons. The lowest BCUT2D eigenvalue weighted by molar-refractivity contribution is 0.407. The molecular formula is C20H23F2N3O2. The Morgan fingerprint density at radius 2 is 1.74 bits per heavy atom. The lowest BCUT2D eigenvalue weighted by Crippen LogP contribution is -2.25. The summed E-state index contributed by atoms with van der Waals surface area (Å²) in [5, 5.41) is 4.41. The van der Waals surface area contributed by atoms with E-state index in [0.29, 0.717) is 5.52 Å². The maximum atomic E-state index is 14.6. The number of ether oxygens (including phenoxy) is 1. The van der Waals surface area contributed by atoms with Crippen molar-refractivity contribution < 1.29 is 13.5 Å². The van der Waals surface area contributed by atoms with Gasteiger partial charge in [-0.3, -0.25) is 9.36 Å². The quantitative estimate of drug-likeness (QED) is 0.672. The Balaban J connectivity index is 2.35. The van der Waals surface area contributed by atoms with Crippen LogP contribution in [0.2, 0.25) is 0 Å². The van der Waals surface area contributed by atoms with Crippen LogP contribution in [0.1, 0.15) is 43.9 Å². The molecular weight excluding hydrogens is 352 g/mol. The van der Waals surface area contributed by atoms with Crippen LogP contribution < -0.4 is 10.3 Å². The number of hydrogen-bond donors (Lipinski definition) is 0. The number of benzene rings is 1. The first kappa shape index (κ1) is 19.1. The minimum Gasteiger partial charge on any atom is -0.497 e. The maximum Gasteiger partial charge on any atom is 0.278 e. The molecule has 3 rings (SSSR count). The van der Waals surface area contributed by atoms with E-state index in [1.807, 2.05) is 13.0 Å². The molecule has 0 N–H and O–H groups in total. The third-order valence-corrected chi connectivity index (χ3v) is 5.10. The molecule has 27 heavy (non-hydrogen) atoms. The zero-order valence-electron chi connectivity index (χ0n) is 16.1. The fourth-order valence-electron chi connectivity index (χ4n) is 3.55. The summed E-state index contributed by atoms with van der Waals surface area (Å²) in [6, 6.07) is 4.09. The standard InChI is InChI=1S/C20H23F2N3O2/c1-6-12(7-2)14-8-11(3)25-18(14)20(26)24(4)19(23-25)17-15(21)9-13(27-5)10-16(17)22/h8-10,12H,6-7H2,1-5H3. The van der Waals surface area contributed by atoms with E-state index in [4.69, 9.17) is 4.74 Å². The average molecular weight is 375 g/mol. The van der Waals surface area contributed by atoms with Crippen molar-refractivity contribution >= 4 is 5.52 Å². The highest BCUT2D eigenvalue weighted by Gasteiger charge is 2.23. The van der Waals surface area contributed by atoms with E-state index in [2.05, 4.69) is 18.9 Å². The van der Waals surface area contributed by atoms with Crippen LogP contribution in [0.5, 0.6) is 5.75 Å². The molecule has 0 saturated heterocycles. The van der Waals surface area contributed by atoms with Crippen LogP contribution in [0.3, 0.4) is 0 Å². The van der Waals surface area contributed by atoms with Gasteiger partial charge in [-0.25, -0.2) is 13.3 Å². The first-order valence-electron chi connectivity index (χ1n) is 8.96. The van der Waals surface area contributed by atoms with Gasteiger partial charge in [0.25, 0.3) is 5.56 Å². The molecule has 0 fully saturated rings. The van der Waals surface area contributed by atoms with Crippen molar-refractivity contribution in [2.75, 3.05) is 7.11 Å². The molecule has 2 heterocycles. The summed E-state index contributed by atoms with van der Waals surface area (Å²) >= 11 is 0. The molecule has 0 amide bonds. The lowest BCUT2D eigenvalue weighted by Gasteiger charge is -2.14. The fourth-order valence-corrected chi connectivity index (χ4v) is 3.55. The van der Waals surface area contributed by atoms with Crippen molar-refractivity contribution in [3.05, 3.63) is 51.4 Å². The third-order valence-electron chi connectivity index (χ3n) is 5.10. The van der Waals surface area contributed by atoms with Gasteiger partial charge in [-0.2, -0.15) is 0 Å². The largest absolute Gasteiger partial charge is 0.497 e. The average Bonchev–Trinajstić information content (AvgIpc) is 2.96. The Morgan fingerprint density at radius 3 is 2.26 bits per heavy atom. The van der Waals surface area contributed by atoms with Gasteiger partial charge in [-0.1, -0.05) is 13.8 Å². The highest BCUT2D eigenvalue weighted by Crippen LogP contribution is 2.31. The smallest absolute Gasteiger partial charge is 0.278 e. The van der Waals surface area contributed by atoms with Crippen molar-refractivity contribution in [3.63, 3.8) is 0 Å². The van der Waals surface area contributed by atoms with Gasteiger partial charge in [-0.15, -0.1) is 5.10 Å². The molecule has 0 unspecified atom stereocenters. The minimum atomic E-state index is -0.835. The highest BCUT2D eigenvalue weighted by atomic mass is 19.1. The first-order valence-corrected chi connectivity index (χ1v) is 8.96. The summed E-state index contributed by atoms with van der Waals surface area (Å²) in [6.45, 7) is 5.97. The SMILES string of the molecule is CCC(CC)c1cc(C)n2nc(-c3c(F)cc(OC)cc3F)n(C)c(=O)c12. The maximum absolute atomic E-state index is 14.6. The van der Waals surface area contributed by atoms with Gasteiger partial charge in [0.05, 0.1) is 12.7 Å². The predicted octanol–water partition coefficient (Wildman–Crippen LogP) is 4.20. The van der Waals surface area contributed by atoms with Crippen molar-refractivity contribution in [1.82, 2.24) is 14.2 Å². The number of methoxy groups -OCH3 is 1. The van der Waals surface area contributed by atoms with E-state index in [0.717, 1.165) is 36.2 Å². The summed E-state index contributed by atoms with van der Waals surface area (Å²) < 4.78 is 36.7. The normalized spacial score (nSPS) is 11.6. The van der Waals surface area contributed by atoms with Crippen molar-refractivity contribution in [2.24, 2.45) is 7.05 Å². The fraction of sp³-hybridized carbons (Fsp3) is 0.400. The summed E-state index contributed by atoms with van der Waals surface area (Å²) in [7, 11) is 2.81. The van der Waals surface area contributed by atoms with Crippen molar-refractivity contribution in [3.8, 4) is 17.1 Å². The second-order valence-corrected chi connectivity index (χ2v) is 6.67. The van der Waals surface area contributed by atoms with Crippen LogP contribution in [0, 0.1) is 18.6 Å². The molecule has 0 saturated carbocycles. The van der Waals surface area contributed by atoms with E-state index in [9.17, 15) is 13.6 Å². The summed E-state index contributed by atoms with van der Waals surface area (Å²) in [5.41, 5.74) is 1.45. The number of halogens is 2. The molecule has 0 aliphatic heterocycles. The van der Waals surface area contributed by atoms with Gasteiger partial charge in [0.2, 0.25) is 0 Å². The monoisotopic (exact) mass is 375 g/mol. The van der Waals surface area contributed by atoms with Gasteiger partial charge in [0, 0.05) is 24.9 Å². The van der Waals surface area contributed by atoms with Gasteiger partial charge in [0.1, 0.15) is 22.9 Å². The molecule has 5 nitrogen and oxygen atoms in total. The van der Waals surface area contributed by atoms with Gasteiger partial charge >= 0.3 is 0 Å². The van der Waals surface area contributed by atoms with Crippen LogP contribution >= 0.6 is 0 Å². The van der Waals surface area contributed by atoms with Gasteiger partial charge in [0.15, 0.2) is 5.82 Å². The van der Waals surface area contributed by atoms with Crippen molar-refractivity contribution in [2.45, 2.75) is 39.5 Å². The number of fused-ring (bicyclic) bond motifs is 1. The molecule has 7 heteroatoms. The van der Waals surface area contributed by atoms with Crippen LogP contribution in [0.25, 0.3) is 16.9 Å².